The van der Waals surface area contributed by atoms with Crippen LogP contribution in [0.15, 0.2) is 47.2 Å². The highest BCUT2D eigenvalue weighted by atomic mass is 79.9. The van der Waals surface area contributed by atoms with Crippen LogP contribution in [0.3, 0.4) is 0 Å². The fraction of sp³-hybridized carbons (Fsp3) is 0.0833. The van der Waals surface area contributed by atoms with Gasteiger partial charge in [0.05, 0.1) is 6.20 Å². The lowest BCUT2D eigenvalue weighted by Gasteiger charge is -2.07. The van der Waals surface area contributed by atoms with E-state index in [1.807, 2.05) is 30.3 Å². The van der Waals surface area contributed by atoms with Crippen LogP contribution in [-0.4, -0.2) is 4.98 Å². The third-order valence-corrected chi connectivity index (χ3v) is 2.49. The zero-order chi connectivity index (χ0) is 11.4. The number of halogens is 1. The molecule has 0 aliphatic rings. The maximum Gasteiger partial charge on any atom is 0.145 e. The molecule has 2 N–H and O–H groups in total. The van der Waals surface area contributed by atoms with Crippen molar-refractivity contribution in [3.63, 3.8) is 0 Å². The largest absolute Gasteiger partial charge is 0.456 e. The predicted octanol–water partition coefficient (Wildman–Crippen LogP) is 3.10. The number of rotatable bonds is 3. The smallest absolute Gasteiger partial charge is 0.145 e. The van der Waals surface area contributed by atoms with Crippen molar-refractivity contribution in [1.82, 2.24) is 4.98 Å². The van der Waals surface area contributed by atoms with Gasteiger partial charge in [-0.3, -0.25) is 4.98 Å². The van der Waals surface area contributed by atoms with Crippen molar-refractivity contribution in [3.8, 4) is 11.5 Å². The van der Waals surface area contributed by atoms with E-state index in [1.54, 1.807) is 12.4 Å². The zero-order valence-corrected chi connectivity index (χ0v) is 10.1. The molecule has 0 spiro atoms. The summed E-state index contributed by atoms with van der Waals surface area (Å²) in [5.74, 6) is 1.46. The normalized spacial score (nSPS) is 10.1. The van der Waals surface area contributed by atoms with E-state index in [1.165, 1.54) is 0 Å². The molecule has 0 amide bonds. The number of benzene rings is 1. The molecule has 82 valence electrons. The molecule has 16 heavy (non-hydrogen) atoms. The summed E-state index contributed by atoms with van der Waals surface area (Å²) in [6.45, 7) is 0.489. The fourth-order valence-corrected chi connectivity index (χ4v) is 1.86. The average molecular weight is 279 g/mol. The monoisotopic (exact) mass is 278 g/mol. The van der Waals surface area contributed by atoms with E-state index in [0.717, 1.165) is 15.8 Å². The van der Waals surface area contributed by atoms with Gasteiger partial charge < -0.3 is 10.5 Å². The minimum absolute atomic E-state index is 0.489. The standard InChI is InChI=1S/C12H11BrN2O/c13-10-4-9(7-14)5-12(6-10)16-11-2-1-3-15-8-11/h1-6,8H,7,14H2. The Bertz CT molecular complexity index is 474. The number of hydrogen-bond acceptors (Lipinski definition) is 3. The van der Waals surface area contributed by atoms with Crippen molar-refractivity contribution in [2.24, 2.45) is 5.73 Å². The molecule has 0 saturated carbocycles. The Hall–Kier alpha value is -1.39. The van der Waals surface area contributed by atoms with Gasteiger partial charge >= 0.3 is 0 Å². The van der Waals surface area contributed by atoms with Crippen LogP contribution in [-0.2, 0) is 6.54 Å². The SMILES string of the molecule is NCc1cc(Br)cc(Oc2cccnc2)c1. The van der Waals surface area contributed by atoms with Gasteiger partial charge in [-0.15, -0.1) is 0 Å². The van der Waals surface area contributed by atoms with E-state index >= 15 is 0 Å². The summed E-state index contributed by atoms with van der Waals surface area (Å²) < 4.78 is 6.61. The van der Waals surface area contributed by atoms with Crippen LogP contribution in [0.5, 0.6) is 11.5 Å². The molecule has 0 saturated heterocycles. The molecule has 2 aromatic rings. The van der Waals surface area contributed by atoms with Crippen LogP contribution < -0.4 is 10.5 Å². The first-order valence-electron chi connectivity index (χ1n) is 4.85. The van der Waals surface area contributed by atoms with Crippen LogP contribution in [0.2, 0.25) is 0 Å². The lowest BCUT2D eigenvalue weighted by atomic mass is 10.2. The van der Waals surface area contributed by atoms with Crippen molar-refractivity contribution in [1.29, 1.82) is 0 Å². The number of ether oxygens (including phenoxy) is 1. The Kier molecular flexibility index (Phi) is 3.54. The number of nitrogens with two attached hydrogens (primary N) is 1. The van der Waals surface area contributed by atoms with E-state index in [4.69, 9.17) is 10.5 Å². The van der Waals surface area contributed by atoms with E-state index in [0.29, 0.717) is 12.3 Å². The van der Waals surface area contributed by atoms with Gasteiger partial charge in [0, 0.05) is 17.2 Å². The molecule has 0 aliphatic heterocycles. The average Bonchev–Trinajstić information content (AvgIpc) is 2.29. The third-order valence-electron chi connectivity index (χ3n) is 2.04. The predicted molar refractivity (Wildman–Crippen MR) is 66.3 cm³/mol. The fourth-order valence-electron chi connectivity index (χ4n) is 1.34. The first kappa shape index (κ1) is 11.1. The van der Waals surface area contributed by atoms with Gasteiger partial charge in [0.1, 0.15) is 11.5 Å². The highest BCUT2D eigenvalue weighted by molar-refractivity contribution is 9.10. The van der Waals surface area contributed by atoms with Gasteiger partial charge in [-0.2, -0.15) is 0 Å². The number of pyridine rings is 1. The number of aromatic nitrogens is 1. The molecular formula is C12H11BrN2O. The van der Waals surface area contributed by atoms with E-state index in [-0.39, 0.29) is 0 Å². The molecule has 0 atom stereocenters. The van der Waals surface area contributed by atoms with Gasteiger partial charge in [0.15, 0.2) is 0 Å². The Balaban J connectivity index is 2.24. The molecule has 1 aromatic carbocycles. The van der Waals surface area contributed by atoms with Crippen LogP contribution in [0.4, 0.5) is 0 Å². The Morgan fingerprint density at radius 1 is 1.25 bits per heavy atom. The first-order chi connectivity index (χ1) is 7.78. The molecule has 3 nitrogen and oxygen atoms in total. The van der Waals surface area contributed by atoms with E-state index in [9.17, 15) is 0 Å². The molecule has 1 aromatic heterocycles. The summed E-state index contributed by atoms with van der Waals surface area (Å²) >= 11 is 3.42. The van der Waals surface area contributed by atoms with Gasteiger partial charge in [-0.05, 0) is 35.9 Å². The summed E-state index contributed by atoms with van der Waals surface area (Å²) in [4.78, 5) is 3.98. The number of nitrogens with zero attached hydrogens (tertiary/aromatic N) is 1. The molecule has 0 bridgehead atoms. The minimum Gasteiger partial charge on any atom is -0.456 e. The van der Waals surface area contributed by atoms with Gasteiger partial charge in [-0.25, -0.2) is 0 Å². The minimum atomic E-state index is 0.489. The zero-order valence-electron chi connectivity index (χ0n) is 8.56. The lowest BCUT2D eigenvalue weighted by molar-refractivity contribution is 0.479. The summed E-state index contributed by atoms with van der Waals surface area (Å²) in [6.07, 6.45) is 3.38. The van der Waals surface area contributed by atoms with Crippen LogP contribution >= 0.6 is 15.9 Å². The first-order valence-corrected chi connectivity index (χ1v) is 5.64. The van der Waals surface area contributed by atoms with Crippen molar-refractivity contribution in [3.05, 3.63) is 52.8 Å². The Morgan fingerprint density at radius 3 is 2.81 bits per heavy atom. The van der Waals surface area contributed by atoms with Crippen molar-refractivity contribution < 1.29 is 4.74 Å². The maximum absolute atomic E-state index is 5.65. The quantitative estimate of drug-likeness (QED) is 0.939. The van der Waals surface area contributed by atoms with Gasteiger partial charge in [0.25, 0.3) is 0 Å². The molecule has 4 heteroatoms. The maximum atomic E-state index is 5.65. The molecule has 0 fully saturated rings. The van der Waals surface area contributed by atoms with Gasteiger partial charge in [0.2, 0.25) is 0 Å². The lowest BCUT2D eigenvalue weighted by Crippen LogP contribution is -1.96. The molecule has 1 heterocycles. The molecule has 0 aliphatic carbocycles. The topological polar surface area (TPSA) is 48.1 Å². The third kappa shape index (κ3) is 2.81. The van der Waals surface area contributed by atoms with Crippen molar-refractivity contribution >= 4 is 15.9 Å². The Morgan fingerprint density at radius 2 is 2.12 bits per heavy atom. The Labute approximate surface area is 102 Å². The second-order valence-corrected chi connectivity index (χ2v) is 4.21. The van der Waals surface area contributed by atoms with Crippen molar-refractivity contribution in [2.45, 2.75) is 6.54 Å². The second kappa shape index (κ2) is 5.09. The van der Waals surface area contributed by atoms with Crippen LogP contribution in [0, 0.1) is 0 Å². The summed E-state index contributed by atoms with van der Waals surface area (Å²) in [5, 5.41) is 0. The van der Waals surface area contributed by atoms with Crippen molar-refractivity contribution in [2.75, 3.05) is 0 Å². The second-order valence-electron chi connectivity index (χ2n) is 3.29. The van der Waals surface area contributed by atoms with E-state index in [2.05, 4.69) is 20.9 Å². The van der Waals surface area contributed by atoms with E-state index < -0.39 is 0 Å². The molecule has 2 rings (SSSR count). The van der Waals surface area contributed by atoms with Crippen LogP contribution in [0.1, 0.15) is 5.56 Å². The molecule has 0 unspecified atom stereocenters. The molecule has 0 radical (unpaired) electrons. The molecular weight excluding hydrogens is 268 g/mol. The van der Waals surface area contributed by atoms with Crippen LogP contribution in [0.25, 0.3) is 0 Å². The van der Waals surface area contributed by atoms with Gasteiger partial charge in [-0.1, -0.05) is 15.9 Å². The summed E-state index contributed by atoms with van der Waals surface area (Å²) in [7, 11) is 0. The number of hydrogen-bond donors (Lipinski definition) is 1. The summed E-state index contributed by atoms with van der Waals surface area (Å²) in [5.41, 5.74) is 6.61. The summed E-state index contributed by atoms with van der Waals surface area (Å²) in [6, 6.07) is 9.47. The highest BCUT2D eigenvalue weighted by Crippen LogP contribution is 2.25. The highest BCUT2D eigenvalue weighted by Gasteiger charge is 2.01.